The van der Waals surface area contributed by atoms with Crippen molar-refractivity contribution in [2.24, 2.45) is 5.73 Å². The van der Waals surface area contributed by atoms with Gasteiger partial charge in [0, 0.05) is 13.5 Å². The van der Waals surface area contributed by atoms with Crippen LogP contribution in [0.2, 0.25) is 0 Å². The van der Waals surface area contributed by atoms with Crippen LogP contribution >= 0.6 is 0 Å². The van der Waals surface area contributed by atoms with E-state index in [1.54, 1.807) is 0 Å². The van der Waals surface area contributed by atoms with E-state index in [4.69, 9.17) is 10.5 Å². The van der Waals surface area contributed by atoms with Crippen molar-refractivity contribution < 1.29 is 17.9 Å². The smallest absolute Gasteiger partial charge is 0.303 e. The Kier molecular flexibility index (Phi) is 3.69. The first-order chi connectivity index (χ1) is 6.82. The van der Waals surface area contributed by atoms with Crippen molar-refractivity contribution in [3.8, 4) is 0 Å². The van der Waals surface area contributed by atoms with Crippen LogP contribution in [0.5, 0.6) is 0 Å². The van der Waals surface area contributed by atoms with Crippen LogP contribution in [0.1, 0.15) is 19.8 Å². The summed E-state index contributed by atoms with van der Waals surface area (Å²) < 4.78 is 28.8. The van der Waals surface area contributed by atoms with Gasteiger partial charge in [0.15, 0.2) is 0 Å². The lowest BCUT2D eigenvalue weighted by molar-refractivity contribution is -0.150. The van der Waals surface area contributed by atoms with E-state index in [1.807, 2.05) is 0 Å². The molecule has 1 rings (SSSR count). The van der Waals surface area contributed by atoms with Crippen LogP contribution in [0, 0.1) is 0 Å². The van der Waals surface area contributed by atoms with Crippen LogP contribution in [0.4, 0.5) is 0 Å². The molecule has 6 nitrogen and oxygen atoms in total. The van der Waals surface area contributed by atoms with Gasteiger partial charge in [-0.05, 0) is 12.8 Å². The van der Waals surface area contributed by atoms with Gasteiger partial charge in [0.25, 0.3) is 0 Å². The average Bonchev–Trinajstić information content (AvgIpc) is 2.05. The van der Waals surface area contributed by atoms with Gasteiger partial charge in [-0.15, -0.1) is 0 Å². The Bertz CT molecular complexity index is 341. The number of carbonyl (C=O) groups excluding carboxylic acids is 1. The van der Waals surface area contributed by atoms with E-state index in [-0.39, 0.29) is 0 Å². The molecule has 0 aromatic carbocycles. The van der Waals surface area contributed by atoms with Crippen molar-refractivity contribution in [2.45, 2.75) is 32.0 Å². The van der Waals surface area contributed by atoms with Gasteiger partial charge in [0.1, 0.15) is 12.3 Å². The number of carbonyl (C=O) groups is 1. The lowest BCUT2D eigenvalue weighted by Gasteiger charge is -2.36. The fraction of sp³-hybridized carbons (Fsp3) is 0.875. The highest BCUT2D eigenvalue weighted by Gasteiger charge is 2.35. The predicted molar refractivity (Wildman–Crippen MR) is 54.3 cm³/mol. The fourth-order valence-electron chi connectivity index (χ4n) is 1.68. The van der Waals surface area contributed by atoms with Crippen LogP contribution in [0.15, 0.2) is 0 Å². The van der Waals surface area contributed by atoms with Gasteiger partial charge in [0.05, 0.1) is 6.26 Å². The molecule has 2 atom stereocenters. The van der Waals surface area contributed by atoms with Crippen LogP contribution in [-0.2, 0) is 19.6 Å². The molecule has 88 valence electrons. The Morgan fingerprint density at radius 3 is 2.60 bits per heavy atom. The molecule has 0 aromatic heterocycles. The van der Waals surface area contributed by atoms with Crippen LogP contribution in [-0.4, -0.2) is 43.8 Å². The molecule has 0 radical (unpaired) electrons. The first-order valence-corrected chi connectivity index (χ1v) is 6.57. The molecule has 0 aliphatic carbocycles. The minimum absolute atomic E-state index is 0.387. The molecule has 2 unspecified atom stereocenters. The molecule has 7 heteroatoms. The van der Waals surface area contributed by atoms with E-state index in [9.17, 15) is 13.2 Å². The topological polar surface area (TPSA) is 89.7 Å². The second-order valence-corrected chi connectivity index (χ2v) is 5.59. The molecule has 0 aromatic rings. The van der Waals surface area contributed by atoms with E-state index in [0.717, 1.165) is 6.26 Å². The SMILES string of the molecule is CC(=O)OC1CCCN(S(C)(=O)=O)C1N. The van der Waals surface area contributed by atoms with Gasteiger partial charge in [-0.1, -0.05) is 0 Å². The van der Waals surface area contributed by atoms with Crippen molar-refractivity contribution in [2.75, 3.05) is 12.8 Å². The second kappa shape index (κ2) is 4.46. The van der Waals surface area contributed by atoms with Gasteiger partial charge in [-0.3, -0.25) is 4.79 Å². The number of hydrogen-bond donors (Lipinski definition) is 1. The number of esters is 1. The molecule has 1 aliphatic rings. The molecule has 1 fully saturated rings. The standard InChI is InChI=1S/C8H16N2O4S/c1-6(11)14-7-4-3-5-10(8(7)9)15(2,12)13/h7-8H,3-5,9H2,1-2H3. The third-order valence-corrected chi connectivity index (χ3v) is 3.60. The van der Waals surface area contributed by atoms with Crippen LogP contribution < -0.4 is 5.73 Å². The number of piperidine rings is 1. The Morgan fingerprint density at radius 1 is 1.53 bits per heavy atom. The molecule has 0 bridgehead atoms. The van der Waals surface area contributed by atoms with Crippen LogP contribution in [0.25, 0.3) is 0 Å². The second-order valence-electron chi connectivity index (χ2n) is 3.65. The maximum atomic E-state index is 11.3. The highest BCUT2D eigenvalue weighted by molar-refractivity contribution is 7.88. The molecular weight excluding hydrogens is 220 g/mol. The number of ether oxygens (including phenoxy) is 1. The third kappa shape index (κ3) is 3.15. The lowest BCUT2D eigenvalue weighted by Crippen LogP contribution is -2.56. The molecule has 1 heterocycles. The van der Waals surface area contributed by atoms with E-state index < -0.39 is 28.3 Å². The molecule has 1 aliphatic heterocycles. The summed E-state index contributed by atoms with van der Waals surface area (Å²) in [7, 11) is -3.33. The summed E-state index contributed by atoms with van der Waals surface area (Å²) >= 11 is 0. The first kappa shape index (κ1) is 12.4. The first-order valence-electron chi connectivity index (χ1n) is 4.72. The molecule has 0 amide bonds. The van der Waals surface area contributed by atoms with Gasteiger partial charge < -0.3 is 10.5 Å². The number of sulfonamides is 1. The highest BCUT2D eigenvalue weighted by Crippen LogP contribution is 2.19. The number of nitrogens with two attached hydrogens (primary N) is 1. The quantitative estimate of drug-likeness (QED) is 0.638. The number of nitrogens with zero attached hydrogens (tertiary/aromatic N) is 1. The van der Waals surface area contributed by atoms with Crippen molar-refractivity contribution in [3.05, 3.63) is 0 Å². The largest absolute Gasteiger partial charge is 0.459 e. The maximum Gasteiger partial charge on any atom is 0.303 e. The van der Waals surface area contributed by atoms with Crippen LogP contribution in [0.3, 0.4) is 0 Å². The Morgan fingerprint density at radius 2 is 2.13 bits per heavy atom. The number of hydrogen-bond acceptors (Lipinski definition) is 5. The molecule has 2 N–H and O–H groups in total. The molecule has 0 spiro atoms. The fourth-order valence-corrected chi connectivity index (χ4v) is 2.72. The molecule has 0 saturated carbocycles. The summed E-state index contributed by atoms with van der Waals surface area (Å²) in [6, 6.07) is 0. The van der Waals surface area contributed by atoms with E-state index >= 15 is 0 Å². The van der Waals surface area contributed by atoms with Gasteiger partial charge in [0.2, 0.25) is 10.0 Å². The summed E-state index contributed by atoms with van der Waals surface area (Å²) in [4.78, 5) is 10.8. The van der Waals surface area contributed by atoms with Gasteiger partial charge >= 0.3 is 5.97 Å². The van der Waals surface area contributed by atoms with Crippen molar-refractivity contribution in [1.29, 1.82) is 0 Å². The Labute approximate surface area is 89.4 Å². The molecule has 1 saturated heterocycles. The lowest BCUT2D eigenvalue weighted by atomic mass is 10.1. The van der Waals surface area contributed by atoms with Gasteiger partial charge in [-0.2, -0.15) is 4.31 Å². The summed E-state index contributed by atoms with van der Waals surface area (Å²) in [6.45, 7) is 1.67. The summed E-state index contributed by atoms with van der Waals surface area (Å²) in [5.74, 6) is -0.439. The minimum atomic E-state index is -3.33. The molecular formula is C8H16N2O4S. The predicted octanol–water partition coefficient (Wildman–Crippen LogP) is -0.742. The van der Waals surface area contributed by atoms with Crippen molar-refractivity contribution in [3.63, 3.8) is 0 Å². The van der Waals surface area contributed by atoms with E-state index in [2.05, 4.69) is 0 Å². The Hall–Kier alpha value is -0.660. The monoisotopic (exact) mass is 236 g/mol. The zero-order valence-electron chi connectivity index (χ0n) is 8.84. The summed E-state index contributed by atoms with van der Waals surface area (Å²) in [5, 5.41) is 0. The average molecular weight is 236 g/mol. The number of rotatable bonds is 2. The molecule has 15 heavy (non-hydrogen) atoms. The zero-order chi connectivity index (χ0) is 11.6. The van der Waals surface area contributed by atoms with Crippen molar-refractivity contribution >= 4 is 16.0 Å². The maximum absolute atomic E-state index is 11.3. The van der Waals surface area contributed by atoms with E-state index in [0.29, 0.717) is 19.4 Å². The summed E-state index contributed by atoms with van der Waals surface area (Å²) in [6.07, 6.45) is 1.05. The minimum Gasteiger partial charge on any atom is -0.459 e. The highest BCUT2D eigenvalue weighted by atomic mass is 32.2. The third-order valence-electron chi connectivity index (χ3n) is 2.32. The Balaban J connectivity index is 2.75. The van der Waals surface area contributed by atoms with Gasteiger partial charge in [-0.25, -0.2) is 8.42 Å². The normalized spacial score (nSPS) is 28.7. The van der Waals surface area contributed by atoms with E-state index in [1.165, 1.54) is 11.2 Å². The zero-order valence-corrected chi connectivity index (χ0v) is 9.66. The van der Waals surface area contributed by atoms with Crippen molar-refractivity contribution in [1.82, 2.24) is 4.31 Å². The summed E-state index contributed by atoms with van der Waals surface area (Å²) in [5.41, 5.74) is 5.73.